The summed E-state index contributed by atoms with van der Waals surface area (Å²) < 4.78 is 2.22. The zero-order chi connectivity index (χ0) is 18.1. The minimum atomic E-state index is 0.243. The van der Waals surface area contributed by atoms with Crippen LogP contribution in [0, 0.1) is 0 Å². The number of benzene rings is 1. The Morgan fingerprint density at radius 2 is 2.07 bits per heavy atom. The maximum Gasteiger partial charge on any atom is 0.107 e. The van der Waals surface area contributed by atoms with Gasteiger partial charge in [0.2, 0.25) is 0 Å². The van der Waals surface area contributed by atoms with Crippen LogP contribution in [0.4, 0.5) is 0 Å². The first-order valence-corrected chi connectivity index (χ1v) is 9.66. The van der Waals surface area contributed by atoms with Crippen LogP contribution in [0.25, 0.3) is 11.4 Å². The fourth-order valence-corrected chi connectivity index (χ4v) is 4.24. The smallest absolute Gasteiger partial charge is 0.107 e. The predicted octanol–water partition coefficient (Wildman–Crippen LogP) is 2.72. The zero-order valence-electron chi connectivity index (χ0n) is 15.2. The van der Waals surface area contributed by atoms with Crippen LogP contribution >= 0.6 is 0 Å². The fraction of sp³-hybridized carbons (Fsp3) is 0.333. The molecule has 2 aliphatic rings. The lowest BCUT2D eigenvalue weighted by molar-refractivity contribution is 0.483. The summed E-state index contributed by atoms with van der Waals surface area (Å²) in [5, 5.41) is 0. The number of imidazole rings is 1. The Hall–Kier alpha value is -2.54. The van der Waals surface area contributed by atoms with Crippen LogP contribution in [0.1, 0.15) is 41.5 Å². The van der Waals surface area contributed by atoms with Crippen LogP contribution in [0.15, 0.2) is 55.1 Å². The summed E-state index contributed by atoms with van der Waals surface area (Å²) in [6, 6.07) is 13.3. The Kier molecular flexibility index (Phi) is 4.45. The van der Waals surface area contributed by atoms with Gasteiger partial charge in [0.1, 0.15) is 5.69 Å². The van der Waals surface area contributed by atoms with E-state index in [2.05, 4.69) is 67.5 Å². The van der Waals surface area contributed by atoms with E-state index in [1.807, 2.05) is 18.6 Å². The Bertz CT molecular complexity index is 928. The van der Waals surface area contributed by atoms with Crippen LogP contribution < -0.4 is 16.4 Å². The summed E-state index contributed by atoms with van der Waals surface area (Å²) >= 11 is 0. The normalized spacial score (nSPS) is 21.9. The van der Waals surface area contributed by atoms with Gasteiger partial charge >= 0.3 is 0 Å². The third kappa shape index (κ3) is 3.39. The molecule has 27 heavy (non-hydrogen) atoms. The van der Waals surface area contributed by atoms with Crippen molar-refractivity contribution in [2.24, 2.45) is 0 Å². The molecule has 1 saturated heterocycles. The van der Waals surface area contributed by atoms with E-state index in [9.17, 15) is 0 Å². The average molecular weight is 360 g/mol. The molecule has 6 heteroatoms. The quantitative estimate of drug-likeness (QED) is 0.668. The maximum atomic E-state index is 4.62. The molecular weight excluding hydrogens is 336 g/mol. The van der Waals surface area contributed by atoms with E-state index in [0.29, 0.717) is 5.92 Å². The highest BCUT2D eigenvalue weighted by atomic mass is 15.6. The van der Waals surface area contributed by atoms with Gasteiger partial charge in [-0.3, -0.25) is 4.98 Å². The molecule has 5 rings (SSSR count). The minimum Gasteiger partial charge on any atom is -0.336 e. The van der Waals surface area contributed by atoms with Crippen LogP contribution in [0.5, 0.6) is 0 Å². The molecule has 3 heterocycles. The topological polar surface area (TPSA) is 66.8 Å². The molecule has 6 nitrogen and oxygen atoms in total. The number of nitrogens with one attached hydrogen (secondary N) is 3. The van der Waals surface area contributed by atoms with Crippen molar-refractivity contribution in [3.8, 4) is 11.4 Å². The number of rotatable bonds is 4. The molecule has 2 aromatic heterocycles. The van der Waals surface area contributed by atoms with Crippen molar-refractivity contribution in [1.82, 2.24) is 30.9 Å². The maximum absolute atomic E-state index is 4.62. The molecule has 2 unspecified atom stereocenters. The molecule has 138 valence electrons. The fourth-order valence-electron chi connectivity index (χ4n) is 4.24. The molecule has 1 aromatic carbocycles. The molecule has 0 bridgehead atoms. The van der Waals surface area contributed by atoms with Gasteiger partial charge in [-0.05, 0) is 48.1 Å². The number of fused-ring (bicyclic) bond motifs is 1. The van der Waals surface area contributed by atoms with E-state index in [1.165, 1.54) is 36.0 Å². The molecular formula is C21H24N6. The molecule has 3 N–H and O–H groups in total. The van der Waals surface area contributed by atoms with Gasteiger partial charge in [-0.25, -0.2) is 15.8 Å². The van der Waals surface area contributed by atoms with Gasteiger partial charge < -0.3 is 4.57 Å². The average Bonchev–Trinajstić information content (AvgIpc) is 3.41. The summed E-state index contributed by atoms with van der Waals surface area (Å²) in [5.74, 6) is 0.566. The second-order valence-electron chi connectivity index (χ2n) is 7.42. The molecule has 1 fully saturated rings. The Labute approximate surface area is 159 Å². The van der Waals surface area contributed by atoms with E-state index >= 15 is 0 Å². The third-order valence-corrected chi connectivity index (χ3v) is 5.65. The van der Waals surface area contributed by atoms with Crippen LogP contribution in [0.2, 0.25) is 0 Å². The van der Waals surface area contributed by atoms with Crippen molar-refractivity contribution in [2.45, 2.75) is 37.8 Å². The summed E-state index contributed by atoms with van der Waals surface area (Å²) in [7, 11) is 0. The molecule has 0 radical (unpaired) electrons. The zero-order valence-corrected chi connectivity index (χ0v) is 15.2. The highest BCUT2D eigenvalue weighted by molar-refractivity contribution is 5.54. The van der Waals surface area contributed by atoms with Gasteiger partial charge in [0.15, 0.2) is 0 Å². The lowest BCUT2D eigenvalue weighted by atomic mass is 9.83. The highest BCUT2D eigenvalue weighted by Gasteiger charge is 2.21. The second-order valence-corrected chi connectivity index (χ2v) is 7.42. The first kappa shape index (κ1) is 16.6. The number of nitrogens with zero attached hydrogens (tertiary/aromatic N) is 3. The van der Waals surface area contributed by atoms with Crippen LogP contribution in [0.3, 0.4) is 0 Å². The number of hydrogen-bond acceptors (Lipinski definition) is 5. The SMILES string of the molecule is c1ccc2c(c1)CCCC2Cn1cnc(-c2cc(C3CNNN3)ccn2)c1. The molecule has 1 aliphatic heterocycles. The minimum absolute atomic E-state index is 0.243. The lowest BCUT2D eigenvalue weighted by Crippen LogP contribution is -2.30. The largest absolute Gasteiger partial charge is 0.336 e. The van der Waals surface area contributed by atoms with Crippen LogP contribution in [-0.4, -0.2) is 21.1 Å². The van der Waals surface area contributed by atoms with Crippen molar-refractivity contribution in [1.29, 1.82) is 0 Å². The van der Waals surface area contributed by atoms with E-state index < -0.39 is 0 Å². The van der Waals surface area contributed by atoms with Gasteiger partial charge in [0.05, 0.1) is 18.1 Å². The molecule has 3 aromatic rings. The Balaban J connectivity index is 1.36. The molecule has 2 atom stereocenters. The molecule has 0 saturated carbocycles. The Morgan fingerprint density at radius 3 is 3.00 bits per heavy atom. The lowest BCUT2D eigenvalue weighted by Gasteiger charge is -2.25. The van der Waals surface area contributed by atoms with Crippen molar-refractivity contribution in [3.63, 3.8) is 0 Å². The first-order chi connectivity index (χ1) is 13.4. The molecule has 0 amide bonds. The van der Waals surface area contributed by atoms with Gasteiger partial charge in [0, 0.05) is 31.4 Å². The van der Waals surface area contributed by atoms with E-state index in [4.69, 9.17) is 0 Å². The summed E-state index contributed by atoms with van der Waals surface area (Å²) in [5.41, 5.74) is 15.3. The number of aromatic nitrogens is 3. The van der Waals surface area contributed by atoms with Crippen molar-refractivity contribution >= 4 is 0 Å². The van der Waals surface area contributed by atoms with Gasteiger partial charge in [0.25, 0.3) is 0 Å². The number of pyridine rings is 1. The predicted molar refractivity (Wildman–Crippen MR) is 105 cm³/mol. The third-order valence-electron chi connectivity index (χ3n) is 5.65. The monoisotopic (exact) mass is 360 g/mol. The highest BCUT2D eigenvalue weighted by Crippen LogP contribution is 2.33. The van der Waals surface area contributed by atoms with Crippen LogP contribution in [-0.2, 0) is 13.0 Å². The van der Waals surface area contributed by atoms with E-state index in [-0.39, 0.29) is 6.04 Å². The second kappa shape index (κ2) is 7.23. The number of hydrogen-bond donors (Lipinski definition) is 3. The standard InChI is InChI=1S/C21H24N6/c1-2-7-18-15(4-1)5-3-6-17(18)12-27-13-21(23-14-27)19-10-16(8-9-22-19)20-11-24-26-25-20/h1-2,4,7-10,13-14,17,20,24-26H,3,5-6,11-12H2. The summed E-state index contributed by atoms with van der Waals surface area (Å²) in [6.07, 6.45) is 9.65. The van der Waals surface area contributed by atoms with E-state index in [1.54, 1.807) is 0 Å². The van der Waals surface area contributed by atoms with E-state index in [0.717, 1.165) is 24.5 Å². The van der Waals surface area contributed by atoms with Crippen molar-refractivity contribution in [2.75, 3.05) is 6.54 Å². The number of hydrazine groups is 2. The summed E-state index contributed by atoms with van der Waals surface area (Å²) in [4.78, 5) is 9.16. The van der Waals surface area contributed by atoms with Gasteiger partial charge in [-0.15, -0.1) is 0 Å². The van der Waals surface area contributed by atoms with Crippen molar-refractivity contribution in [3.05, 3.63) is 71.8 Å². The number of aryl methyl sites for hydroxylation is 1. The molecule has 0 spiro atoms. The molecule has 1 aliphatic carbocycles. The van der Waals surface area contributed by atoms with Gasteiger partial charge in [-0.1, -0.05) is 24.3 Å². The first-order valence-electron chi connectivity index (χ1n) is 9.66. The van der Waals surface area contributed by atoms with Crippen molar-refractivity contribution < 1.29 is 0 Å². The summed E-state index contributed by atoms with van der Waals surface area (Å²) in [6.45, 7) is 1.82. The Morgan fingerprint density at radius 1 is 1.11 bits per heavy atom. The van der Waals surface area contributed by atoms with Gasteiger partial charge in [-0.2, -0.15) is 5.53 Å².